The van der Waals surface area contributed by atoms with Crippen molar-refractivity contribution in [3.63, 3.8) is 0 Å². The molecule has 1 nitrogen and oxygen atoms in total. The van der Waals surface area contributed by atoms with Gasteiger partial charge in [0, 0.05) is 5.56 Å². The van der Waals surface area contributed by atoms with Crippen molar-refractivity contribution in [2.75, 3.05) is 0 Å². The molecule has 0 saturated heterocycles. The second kappa shape index (κ2) is 4.50. The van der Waals surface area contributed by atoms with Crippen molar-refractivity contribution in [1.29, 1.82) is 0 Å². The molecule has 0 bridgehead atoms. The molecule has 1 rings (SSSR count). The third-order valence-electron chi connectivity index (χ3n) is 1.76. The van der Waals surface area contributed by atoms with Crippen molar-refractivity contribution in [2.45, 2.75) is 13.3 Å². The third kappa shape index (κ3) is 2.06. The zero-order valence-corrected chi connectivity index (χ0v) is 7.16. The lowest BCUT2D eigenvalue weighted by molar-refractivity contribution is 0.112. The molecule has 0 unspecified atom stereocenters. The maximum absolute atomic E-state index is 10.6. The monoisotopic (exact) mass is 160 g/mol. The van der Waals surface area contributed by atoms with E-state index in [2.05, 4.69) is 0 Å². The van der Waals surface area contributed by atoms with Gasteiger partial charge < -0.3 is 0 Å². The van der Waals surface area contributed by atoms with E-state index in [1.165, 1.54) is 0 Å². The van der Waals surface area contributed by atoms with Crippen LogP contribution in [0, 0.1) is 0 Å². The highest BCUT2D eigenvalue weighted by molar-refractivity contribution is 5.77. The lowest BCUT2D eigenvalue weighted by Crippen LogP contribution is -1.89. The Kier molecular flexibility index (Phi) is 3.27. The first-order chi connectivity index (χ1) is 5.88. The number of benzene rings is 1. The van der Waals surface area contributed by atoms with Crippen LogP contribution in [0.15, 0.2) is 36.4 Å². The first kappa shape index (κ1) is 8.72. The van der Waals surface area contributed by atoms with Gasteiger partial charge in [0.15, 0.2) is 0 Å². The summed E-state index contributed by atoms with van der Waals surface area (Å²) in [5, 5.41) is 0. The molecule has 0 aromatic heterocycles. The van der Waals surface area contributed by atoms with Gasteiger partial charge in [-0.25, -0.2) is 0 Å². The van der Waals surface area contributed by atoms with E-state index in [1.54, 1.807) is 0 Å². The normalized spacial score (nSPS) is 10.4. The SMILES string of the molecule is C/C=C\Cc1ccccc1C=O. The molecule has 0 saturated carbocycles. The predicted octanol–water partition coefficient (Wildman–Crippen LogP) is 2.62. The summed E-state index contributed by atoms with van der Waals surface area (Å²) in [6.07, 6.45) is 5.77. The number of carbonyl (C=O) groups excluding carboxylic acids is 1. The number of hydrogen-bond acceptors (Lipinski definition) is 1. The minimum absolute atomic E-state index is 0.788. The van der Waals surface area contributed by atoms with E-state index < -0.39 is 0 Å². The summed E-state index contributed by atoms with van der Waals surface area (Å²) in [5.74, 6) is 0. The topological polar surface area (TPSA) is 17.1 Å². The zero-order valence-electron chi connectivity index (χ0n) is 7.16. The lowest BCUT2D eigenvalue weighted by Gasteiger charge is -1.98. The third-order valence-corrected chi connectivity index (χ3v) is 1.76. The molecule has 0 aliphatic heterocycles. The van der Waals surface area contributed by atoms with Crippen LogP contribution in [0.5, 0.6) is 0 Å². The quantitative estimate of drug-likeness (QED) is 0.490. The predicted molar refractivity (Wildman–Crippen MR) is 50.3 cm³/mol. The summed E-state index contributed by atoms with van der Waals surface area (Å²) in [5.41, 5.74) is 1.88. The lowest BCUT2D eigenvalue weighted by atomic mass is 10.1. The Labute approximate surface area is 72.7 Å². The summed E-state index contributed by atoms with van der Waals surface area (Å²) in [4.78, 5) is 10.6. The fourth-order valence-electron chi connectivity index (χ4n) is 1.08. The first-order valence-electron chi connectivity index (χ1n) is 4.02. The highest BCUT2D eigenvalue weighted by Gasteiger charge is 1.96. The summed E-state index contributed by atoms with van der Waals surface area (Å²) < 4.78 is 0. The molecule has 0 spiro atoms. The second-order valence-corrected chi connectivity index (χ2v) is 2.59. The van der Waals surface area contributed by atoms with Gasteiger partial charge in [0.05, 0.1) is 0 Å². The maximum Gasteiger partial charge on any atom is 0.150 e. The van der Waals surface area contributed by atoms with Crippen LogP contribution in [0.25, 0.3) is 0 Å². The van der Waals surface area contributed by atoms with Crippen molar-refractivity contribution >= 4 is 6.29 Å². The van der Waals surface area contributed by atoms with E-state index >= 15 is 0 Å². The Bertz CT molecular complexity index is 287. The molecule has 0 aliphatic rings. The van der Waals surface area contributed by atoms with Crippen molar-refractivity contribution < 1.29 is 4.79 Å². The summed E-state index contributed by atoms with van der Waals surface area (Å²) >= 11 is 0. The minimum atomic E-state index is 0.788. The Morgan fingerprint density at radius 2 is 2.08 bits per heavy atom. The van der Waals surface area contributed by atoms with Gasteiger partial charge in [-0.1, -0.05) is 36.4 Å². The van der Waals surface area contributed by atoms with Gasteiger partial charge in [0.2, 0.25) is 0 Å². The van der Waals surface area contributed by atoms with E-state index in [9.17, 15) is 4.79 Å². The molecule has 0 heterocycles. The highest BCUT2D eigenvalue weighted by atomic mass is 16.1. The fraction of sp³-hybridized carbons (Fsp3) is 0.182. The van der Waals surface area contributed by atoms with Crippen LogP contribution in [0.3, 0.4) is 0 Å². The molecule has 62 valence electrons. The molecule has 1 aromatic rings. The highest BCUT2D eigenvalue weighted by Crippen LogP contribution is 2.07. The zero-order chi connectivity index (χ0) is 8.81. The van der Waals surface area contributed by atoms with Crippen molar-refractivity contribution in [3.05, 3.63) is 47.5 Å². The van der Waals surface area contributed by atoms with Gasteiger partial charge in [-0.05, 0) is 18.9 Å². The first-order valence-corrected chi connectivity index (χ1v) is 4.02. The molecule has 0 amide bonds. The number of allylic oxidation sites excluding steroid dienone is 2. The van der Waals surface area contributed by atoms with Gasteiger partial charge in [-0.2, -0.15) is 0 Å². The van der Waals surface area contributed by atoms with Crippen LogP contribution in [0.1, 0.15) is 22.8 Å². The smallest absolute Gasteiger partial charge is 0.150 e. The van der Waals surface area contributed by atoms with Crippen LogP contribution in [0.2, 0.25) is 0 Å². The number of carbonyl (C=O) groups is 1. The number of hydrogen-bond donors (Lipinski definition) is 0. The molecule has 0 radical (unpaired) electrons. The average molecular weight is 160 g/mol. The molecule has 0 fully saturated rings. The Balaban J connectivity index is 2.89. The van der Waals surface area contributed by atoms with Gasteiger partial charge in [0.25, 0.3) is 0 Å². The van der Waals surface area contributed by atoms with Crippen molar-refractivity contribution in [3.8, 4) is 0 Å². The largest absolute Gasteiger partial charge is 0.298 e. The average Bonchev–Trinajstić information content (AvgIpc) is 2.15. The number of rotatable bonds is 3. The van der Waals surface area contributed by atoms with Gasteiger partial charge in [0.1, 0.15) is 6.29 Å². The molecule has 0 N–H and O–H groups in total. The van der Waals surface area contributed by atoms with Gasteiger partial charge >= 0.3 is 0 Å². The van der Waals surface area contributed by atoms with E-state index in [0.717, 1.165) is 23.8 Å². The van der Waals surface area contributed by atoms with Crippen LogP contribution >= 0.6 is 0 Å². The van der Waals surface area contributed by atoms with E-state index in [4.69, 9.17) is 0 Å². The van der Waals surface area contributed by atoms with Gasteiger partial charge in [-0.3, -0.25) is 4.79 Å². The molecular weight excluding hydrogens is 148 g/mol. The van der Waals surface area contributed by atoms with E-state index in [-0.39, 0.29) is 0 Å². The Morgan fingerprint density at radius 3 is 2.75 bits per heavy atom. The summed E-state index contributed by atoms with van der Waals surface area (Å²) in [7, 11) is 0. The molecular formula is C11H12O. The Hall–Kier alpha value is -1.37. The standard InChI is InChI=1S/C11H12O/c1-2-3-6-10-7-4-5-8-11(10)9-12/h2-5,7-9H,6H2,1H3/b3-2-. The van der Waals surface area contributed by atoms with E-state index in [1.807, 2.05) is 43.3 Å². The van der Waals surface area contributed by atoms with Crippen LogP contribution in [0.4, 0.5) is 0 Å². The number of aldehydes is 1. The van der Waals surface area contributed by atoms with Crippen LogP contribution in [-0.4, -0.2) is 6.29 Å². The van der Waals surface area contributed by atoms with E-state index in [0.29, 0.717) is 0 Å². The van der Waals surface area contributed by atoms with Crippen LogP contribution in [-0.2, 0) is 6.42 Å². The second-order valence-electron chi connectivity index (χ2n) is 2.59. The Morgan fingerprint density at radius 1 is 1.33 bits per heavy atom. The minimum Gasteiger partial charge on any atom is -0.298 e. The van der Waals surface area contributed by atoms with Crippen molar-refractivity contribution in [2.24, 2.45) is 0 Å². The molecule has 1 heteroatoms. The summed E-state index contributed by atoms with van der Waals surface area (Å²) in [6, 6.07) is 7.64. The van der Waals surface area contributed by atoms with Crippen molar-refractivity contribution in [1.82, 2.24) is 0 Å². The van der Waals surface area contributed by atoms with Crippen LogP contribution < -0.4 is 0 Å². The molecule has 12 heavy (non-hydrogen) atoms. The molecule has 0 atom stereocenters. The molecule has 0 aliphatic carbocycles. The maximum atomic E-state index is 10.6. The summed E-state index contributed by atoms with van der Waals surface area (Å²) in [6.45, 7) is 1.98. The fourth-order valence-corrected chi connectivity index (χ4v) is 1.08. The molecule has 1 aromatic carbocycles. The van der Waals surface area contributed by atoms with Gasteiger partial charge in [-0.15, -0.1) is 0 Å².